The molecular weight excluding hydrogens is 310 g/mol. The fourth-order valence-corrected chi connectivity index (χ4v) is 2.22. The van der Waals surface area contributed by atoms with Gasteiger partial charge in [-0.25, -0.2) is 9.59 Å². The lowest BCUT2D eigenvalue weighted by molar-refractivity contribution is 0.0523. The molecule has 128 valence electrons. The van der Waals surface area contributed by atoms with Crippen molar-refractivity contribution in [2.45, 2.75) is 39.8 Å². The number of amides is 1. The summed E-state index contributed by atoms with van der Waals surface area (Å²) >= 11 is 0. The number of ether oxygens (including phenoxy) is 1. The summed E-state index contributed by atoms with van der Waals surface area (Å²) in [6, 6.07) is 7.19. The van der Waals surface area contributed by atoms with Crippen LogP contribution in [0.1, 0.15) is 42.4 Å². The van der Waals surface area contributed by atoms with Crippen molar-refractivity contribution in [1.82, 2.24) is 15.5 Å². The quantitative estimate of drug-likeness (QED) is 0.798. The summed E-state index contributed by atoms with van der Waals surface area (Å²) in [5, 5.41) is 18.8. The average Bonchev–Trinajstić information content (AvgIpc) is 2.86. The van der Waals surface area contributed by atoms with Crippen molar-refractivity contribution in [2.75, 3.05) is 0 Å². The van der Waals surface area contributed by atoms with Crippen molar-refractivity contribution >= 4 is 12.1 Å². The molecule has 0 spiro atoms. The molecule has 7 nitrogen and oxygen atoms in total. The fourth-order valence-electron chi connectivity index (χ4n) is 2.22. The summed E-state index contributed by atoms with van der Waals surface area (Å²) in [6.07, 6.45) is -0.505. The third-order valence-corrected chi connectivity index (χ3v) is 3.20. The Bertz CT molecular complexity index is 759. The molecule has 0 saturated heterocycles. The zero-order valence-corrected chi connectivity index (χ0v) is 14.1. The van der Waals surface area contributed by atoms with Gasteiger partial charge in [-0.2, -0.15) is 5.10 Å². The molecule has 1 aromatic carbocycles. The number of aromatic nitrogens is 2. The molecule has 3 N–H and O–H groups in total. The zero-order chi connectivity index (χ0) is 17.9. The molecule has 0 unspecified atom stereocenters. The van der Waals surface area contributed by atoms with Crippen LogP contribution in [0, 0.1) is 6.92 Å². The lowest BCUT2D eigenvalue weighted by atomic mass is 10.0. The number of nitrogens with zero attached hydrogens (tertiary/aromatic N) is 1. The number of nitrogens with one attached hydrogen (secondary N) is 2. The number of carbonyl (C=O) groups is 2. The third-order valence-electron chi connectivity index (χ3n) is 3.20. The maximum atomic E-state index is 11.7. The van der Waals surface area contributed by atoms with Gasteiger partial charge in [0.2, 0.25) is 0 Å². The maximum Gasteiger partial charge on any atom is 0.407 e. The summed E-state index contributed by atoms with van der Waals surface area (Å²) in [5.41, 5.74) is 1.94. The van der Waals surface area contributed by atoms with Gasteiger partial charge in [0.25, 0.3) is 0 Å². The number of hydrogen-bond donors (Lipinski definition) is 3. The van der Waals surface area contributed by atoms with Gasteiger partial charge in [0.05, 0.1) is 0 Å². The first-order valence-electron chi connectivity index (χ1n) is 7.52. The number of aromatic amines is 1. The van der Waals surface area contributed by atoms with E-state index < -0.39 is 17.7 Å². The van der Waals surface area contributed by atoms with Gasteiger partial charge in [-0.3, -0.25) is 5.10 Å². The first-order valence-corrected chi connectivity index (χ1v) is 7.52. The van der Waals surface area contributed by atoms with Crippen LogP contribution in [0.3, 0.4) is 0 Å². The molecule has 2 rings (SSSR count). The standard InChI is InChI=1S/C17H21N3O4/c1-10-13(15(21)22)14(20-19-10)12-7-5-6-11(8-12)9-18-16(23)24-17(2,3)4/h5-8H,9H2,1-4H3,(H,18,23)(H,19,20)(H,21,22). The Morgan fingerprint density at radius 2 is 2.04 bits per heavy atom. The molecule has 0 radical (unpaired) electrons. The molecule has 0 aliphatic heterocycles. The monoisotopic (exact) mass is 331 g/mol. The van der Waals surface area contributed by atoms with E-state index in [0.29, 0.717) is 17.0 Å². The van der Waals surface area contributed by atoms with E-state index in [2.05, 4.69) is 15.5 Å². The first-order chi connectivity index (χ1) is 11.2. The van der Waals surface area contributed by atoms with Crippen LogP contribution >= 0.6 is 0 Å². The number of benzene rings is 1. The molecule has 0 aliphatic rings. The fraction of sp³-hybridized carbons (Fsp3) is 0.353. The Labute approximate surface area is 140 Å². The highest BCUT2D eigenvalue weighted by Gasteiger charge is 2.19. The molecule has 2 aromatic rings. The lowest BCUT2D eigenvalue weighted by Crippen LogP contribution is -2.32. The van der Waals surface area contributed by atoms with Crippen LogP contribution in [0.5, 0.6) is 0 Å². The SMILES string of the molecule is Cc1[nH]nc(-c2cccc(CNC(=O)OC(C)(C)C)c2)c1C(=O)O. The Kier molecular flexibility index (Phi) is 4.92. The van der Waals surface area contributed by atoms with Crippen molar-refractivity contribution in [2.24, 2.45) is 0 Å². The molecule has 0 saturated carbocycles. The maximum absolute atomic E-state index is 11.7. The van der Waals surface area contributed by atoms with Gasteiger partial charge >= 0.3 is 12.1 Å². The van der Waals surface area contributed by atoms with E-state index in [-0.39, 0.29) is 12.1 Å². The van der Waals surface area contributed by atoms with E-state index in [1.807, 2.05) is 6.07 Å². The summed E-state index contributed by atoms with van der Waals surface area (Å²) in [7, 11) is 0. The van der Waals surface area contributed by atoms with E-state index in [0.717, 1.165) is 5.56 Å². The predicted molar refractivity (Wildman–Crippen MR) is 88.8 cm³/mol. The second-order valence-corrected chi connectivity index (χ2v) is 6.43. The summed E-state index contributed by atoms with van der Waals surface area (Å²) < 4.78 is 5.18. The van der Waals surface area contributed by atoms with Crippen LogP contribution in [-0.2, 0) is 11.3 Å². The minimum atomic E-state index is -1.03. The largest absolute Gasteiger partial charge is 0.478 e. The lowest BCUT2D eigenvalue weighted by Gasteiger charge is -2.19. The van der Waals surface area contributed by atoms with Crippen LogP contribution in [0.15, 0.2) is 24.3 Å². The van der Waals surface area contributed by atoms with E-state index >= 15 is 0 Å². The van der Waals surface area contributed by atoms with Crippen LogP contribution in [-0.4, -0.2) is 33.0 Å². The number of carboxylic acids is 1. The summed E-state index contributed by atoms with van der Waals surface area (Å²) in [6.45, 7) is 7.31. The van der Waals surface area contributed by atoms with E-state index in [4.69, 9.17) is 4.74 Å². The Morgan fingerprint density at radius 3 is 2.67 bits per heavy atom. The first kappa shape index (κ1) is 17.5. The summed E-state index contributed by atoms with van der Waals surface area (Å²) in [5.74, 6) is -1.03. The van der Waals surface area contributed by atoms with Crippen molar-refractivity contribution < 1.29 is 19.4 Å². The topological polar surface area (TPSA) is 104 Å². The van der Waals surface area contributed by atoms with Gasteiger partial charge in [-0.1, -0.05) is 18.2 Å². The van der Waals surface area contributed by atoms with Gasteiger partial charge in [0, 0.05) is 17.8 Å². The average molecular weight is 331 g/mol. The van der Waals surface area contributed by atoms with Crippen molar-refractivity contribution in [3.8, 4) is 11.3 Å². The summed E-state index contributed by atoms with van der Waals surface area (Å²) in [4.78, 5) is 23.1. The molecule has 7 heteroatoms. The zero-order valence-electron chi connectivity index (χ0n) is 14.1. The van der Waals surface area contributed by atoms with Crippen molar-refractivity contribution in [3.05, 3.63) is 41.1 Å². The number of carboxylic acid groups (broad SMARTS) is 1. The number of rotatable bonds is 4. The number of aryl methyl sites for hydroxylation is 1. The minimum absolute atomic E-state index is 0.146. The van der Waals surface area contributed by atoms with Gasteiger partial charge in [-0.05, 0) is 39.3 Å². The number of H-pyrrole nitrogens is 1. The molecular formula is C17H21N3O4. The molecule has 1 amide bonds. The highest BCUT2D eigenvalue weighted by atomic mass is 16.6. The normalized spacial score (nSPS) is 11.2. The van der Waals surface area contributed by atoms with Gasteiger partial charge < -0.3 is 15.2 Å². The van der Waals surface area contributed by atoms with Gasteiger partial charge in [-0.15, -0.1) is 0 Å². The van der Waals surface area contributed by atoms with Gasteiger partial charge in [0.1, 0.15) is 16.9 Å². The van der Waals surface area contributed by atoms with Crippen molar-refractivity contribution in [3.63, 3.8) is 0 Å². The van der Waals surface area contributed by atoms with Crippen LogP contribution in [0.25, 0.3) is 11.3 Å². The third kappa shape index (κ3) is 4.34. The Balaban J connectivity index is 2.16. The smallest absolute Gasteiger partial charge is 0.407 e. The molecule has 0 aliphatic carbocycles. The number of carbonyl (C=O) groups excluding carboxylic acids is 1. The Morgan fingerprint density at radius 1 is 1.33 bits per heavy atom. The van der Waals surface area contributed by atoms with Crippen LogP contribution < -0.4 is 5.32 Å². The minimum Gasteiger partial charge on any atom is -0.478 e. The molecule has 0 bridgehead atoms. The predicted octanol–water partition coefficient (Wildman–Crippen LogP) is 3.11. The molecule has 24 heavy (non-hydrogen) atoms. The highest BCUT2D eigenvalue weighted by Crippen LogP contribution is 2.24. The molecule has 1 aromatic heterocycles. The molecule has 0 fully saturated rings. The Hall–Kier alpha value is -2.83. The second kappa shape index (κ2) is 6.74. The molecule has 0 atom stereocenters. The van der Waals surface area contributed by atoms with Crippen molar-refractivity contribution in [1.29, 1.82) is 0 Å². The molecule has 1 heterocycles. The highest BCUT2D eigenvalue weighted by molar-refractivity contribution is 5.96. The van der Waals surface area contributed by atoms with Gasteiger partial charge in [0.15, 0.2) is 0 Å². The number of hydrogen-bond acceptors (Lipinski definition) is 4. The van der Waals surface area contributed by atoms with Crippen LogP contribution in [0.2, 0.25) is 0 Å². The van der Waals surface area contributed by atoms with E-state index in [1.165, 1.54) is 0 Å². The van der Waals surface area contributed by atoms with E-state index in [1.54, 1.807) is 45.9 Å². The number of alkyl carbamates (subject to hydrolysis) is 1. The van der Waals surface area contributed by atoms with Crippen LogP contribution in [0.4, 0.5) is 4.79 Å². The van der Waals surface area contributed by atoms with E-state index in [9.17, 15) is 14.7 Å². The number of aromatic carboxylic acids is 1. The second-order valence-electron chi connectivity index (χ2n) is 6.43.